The van der Waals surface area contributed by atoms with Crippen LogP contribution in [0, 0.1) is 35.0 Å². The molecule has 0 spiro atoms. The summed E-state index contributed by atoms with van der Waals surface area (Å²) in [6.07, 6.45) is 10.7. The SMILES string of the molecule is C#CCn1cc([C@]2(CC)[C@@H](C=C(Br)Br)C2(C)C)cc1C#N. The normalized spacial score (nSPS) is 25.8. The molecule has 4 heteroatoms. The lowest BCUT2D eigenvalue weighted by atomic mass is 9.87. The van der Waals surface area contributed by atoms with Crippen molar-refractivity contribution < 1.29 is 0 Å². The summed E-state index contributed by atoms with van der Waals surface area (Å²) >= 11 is 6.94. The molecule has 2 atom stereocenters. The number of terminal acetylenes is 1. The minimum absolute atomic E-state index is 0.0608. The average Bonchev–Trinajstić information content (AvgIpc) is 2.73. The van der Waals surface area contributed by atoms with E-state index in [0.717, 1.165) is 9.81 Å². The molecule has 1 aliphatic rings. The van der Waals surface area contributed by atoms with Crippen molar-refractivity contribution in [2.75, 3.05) is 0 Å². The van der Waals surface area contributed by atoms with Crippen molar-refractivity contribution in [2.24, 2.45) is 11.3 Å². The van der Waals surface area contributed by atoms with Gasteiger partial charge in [0.15, 0.2) is 0 Å². The van der Waals surface area contributed by atoms with Crippen LogP contribution in [0.5, 0.6) is 0 Å². The molecule has 2 rings (SSSR count). The van der Waals surface area contributed by atoms with Crippen molar-refractivity contribution >= 4 is 31.9 Å². The molecule has 1 aromatic heterocycles. The molecule has 1 heterocycles. The van der Waals surface area contributed by atoms with E-state index in [1.165, 1.54) is 5.56 Å². The number of nitrogens with zero attached hydrogens (tertiary/aromatic N) is 2. The first kappa shape index (κ1) is 16.4. The Morgan fingerprint density at radius 2 is 2.19 bits per heavy atom. The number of rotatable bonds is 4. The summed E-state index contributed by atoms with van der Waals surface area (Å²) in [5, 5.41) is 9.29. The minimum Gasteiger partial charge on any atom is -0.328 e. The van der Waals surface area contributed by atoms with Gasteiger partial charge in [0.1, 0.15) is 11.8 Å². The molecule has 21 heavy (non-hydrogen) atoms. The molecule has 0 N–H and O–H groups in total. The van der Waals surface area contributed by atoms with Gasteiger partial charge in [-0.25, -0.2) is 0 Å². The number of halogens is 2. The molecule has 0 unspecified atom stereocenters. The Morgan fingerprint density at radius 1 is 1.52 bits per heavy atom. The van der Waals surface area contributed by atoms with Gasteiger partial charge in [-0.3, -0.25) is 0 Å². The van der Waals surface area contributed by atoms with Crippen LogP contribution in [0.1, 0.15) is 38.4 Å². The zero-order chi connectivity index (χ0) is 15.8. The molecule has 110 valence electrons. The first-order valence-electron chi connectivity index (χ1n) is 6.92. The number of nitriles is 1. The van der Waals surface area contributed by atoms with Crippen LogP contribution in [0.3, 0.4) is 0 Å². The van der Waals surface area contributed by atoms with E-state index in [-0.39, 0.29) is 10.8 Å². The van der Waals surface area contributed by atoms with Gasteiger partial charge in [-0.1, -0.05) is 32.8 Å². The third-order valence-corrected chi connectivity index (χ3v) is 5.54. The van der Waals surface area contributed by atoms with Crippen molar-refractivity contribution in [3.63, 3.8) is 0 Å². The van der Waals surface area contributed by atoms with Crippen LogP contribution >= 0.6 is 31.9 Å². The highest BCUT2D eigenvalue weighted by Crippen LogP contribution is 2.72. The fourth-order valence-corrected chi connectivity index (χ4v) is 4.41. The van der Waals surface area contributed by atoms with Crippen LogP contribution in [0.15, 0.2) is 21.7 Å². The third-order valence-electron chi connectivity index (χ3n) is 5.01. The van der Waals surface area contributed by atoms with Gasteiger partial charge in [-0.2, -0.15) is 5.26 Å². The quantitative estimate of drug-likeness (QED) is 0.648. The van der Waals surface area contributed by atoms with Gasteiger partial charge in [0.2, 0.25) is 0 Å². The van der Waals surface area contributed by atoms with Crippen LogP contribution in [0.4, 0.5) is 0 Å². The smallest absolute Gasteiger partial charge is 0.121 e. The standard InChI is InChI=1S/C17H18Br2N2/c1-5-7-21-11-12(8-13(21)10-20)17(6-2)14(9-15(18)19)16(17,3)4/h1,8-9,11,14H,6-7H2,2-4H3/t14-,17+/m0/s1. The first-order chi connectivity index (χ1) is 9.84. The number of aromatic nitrogens is 1. The molecule has 0 aromatic carbocycles. The largest absolute Gasteiger partial charge is 0.328 e. The highest BCUT2D eigenvalue weighted by atomic mass is 79.9. The number of allylic oxidation sites excluding steroid dienone is 1. The van der Waals surface area contributed by atoms with Gasteiger partial charge < -0.3 is 4.57 Å². The van der Waals surface area contributed by atoms with Crippen LogP contribution < -0.4 is 0 Å². The Kier molecular flexibility index (Phi) is 4.43. The van der Waals surface area contributed by atoms with E-state index in [0.29, 0.717) is 18.2 Å². The van der Waals surface area contributed by atoms with E-state index in [1.807, 2.05) is 10.6 Å². The van der Waals surface area contributed by atoms with Gasteiger partial charge in [0.25, 0.3) is 0 Å². The molecular formula is C17H18Br2N2. The molecule has 0 bridgehead atoms. The van der Waals surface area contributed by atoms with Crippen LogP contribution in [0.25, 0.3) is 0 Å². The Bertz CT molecular complexity index is 666. The van der Waals surface area contributed by atoms with E-state index in [2.05, 4.69) is 76.9 Å². The molecule has 1 fully saturated rings. The lowest BCUT2D eigenvalue weighted by Crippen LogP contribution is -2.13. The Labute approximate surface area is 143 Å². The molecule has 1 saturated carbocycles. The van der Waals surface area contributed by atoms with Crippen molar-refractivity contribution in [3.8, 4) is 18.4 Å². The van der Waals surface area contributed by atoms with E-state index in [1.54, 1.807) is 0 Å². The first-order valence-corrected chi connectivity index (χ1v) is 8.50. The Balaban J connectivity index is 2.52. The molecule has 2 nitrogen and oxygen atoms in total. The fourth-order valence-electron chi connectivity index (χ4n) is 3.88. The minimum atomic E-state index is 0.0608. The predicted octanol–water partition coefficient (Wildman–Crippen LogP) is 4.93. The zero-order valence-corrected chi connectivity index (χ0v) is 15.6. The second-order valence-corrected chi connectivity index (χ2v) is 8.81. The zero-order valence-electron chi connectivity index (χ0n) is 12.5. The third kappa shape index (κ3) is 2.39. The summed E-state index contributed by atoms with van der Waals surface area (Å²) in [5.74, 6) is 3.04. The predicted molar refractivity (Wildman–Crippen MR) is 93.2 cm³/mol. The van der Waals surface area contributed by atoms with E-state index in [4.69, 9.17) is 6.42 Å². The van der Waals surface area contributed by atoms with Crippen molar-refractivity contribution in [1.82, 2.24) is 4.57 Å². The summed E-state index contributed by atoms with van der Waals surface area (Å²) in [4.78, 5) is 0. The maximum Gasteiger partial charge on any atom is 0.121 e. The monoisotopic (exact) mass is 408 g/mol. The molecule has 1 aromatic rings. The molecular weight excluding hydrogens is 392 g/mol. The average molecular weight is 410 g/mol. The van der Waals surface area contributed by atoms with Crippen LogP contribution in [-0.4, -0.2) is 4.57 Å². The lowest BCUT2D eigenvalue weighted by molar-refractivity contribution is 0.482. The van der Waals surface area contributed by atoms with Gasteiger partial charge in [-0.05, 0) is 61.2 Å². The van der Waals surface area contributed by atoms with Crippen molar-refractivity contribution in [2.45, 2.75) is 39.2 Å². The van der Waals surface area contributed by atoms with Crippen LogP contribution in [0.2, 0.25) is 0 Å². The number of hydrogen-bond acceptors (Lipinski definition) is 1. The summed E-state index contributed by atoms with van der Waals surface area (Å²) in [6.45, 7) is 7.21. The summed E-state index contributed by atoms with van der Waals surface area (Å²) < 4.78 is 2.84. The summed E-state index contributed by atoms with van der Waals surface area (Å²) in [5.41, 5.74) is 2.07. The second kappa shape index (κ2) is 5.67. The maximum atomic E-state index is 9.29. The van der Waals surface area contributed by atoms with Gasteiger partial charge in [-0.15, -0.1) is 6.42 Å². The highest BCUT2D eigenvalue weighted by Gasteiger charge is 2.69. The molecule has 0 amide bonds. The molecule has 0 aliphatic heterocycles. The molecule has 1 aliphatic carbocycles. The van der Waals surface area contributed by atoms with Gasteiger partial charge >= 0.3 is 0 Å². The Morgan fingerprint density at radius 3 is 2.67 bits per heavy atom. The summed E-state index contributed by atoms with van der Waals surface area (Å²) in [7, 11) is 0. The Hall–Kier alpha value is -0.970. The second-order valence-electron chi connectivity index (χ2n) is 6.04. The van der Waals surface area contributed by atoms with Gasteiger partial charge in [0, 0.05) is 11.6 Å². The van der Waals surface area contributed by atoms with Crippen LogP contribution in [-0.2, 0) is 12.0 Å². The maximum absolute atomic E-state index is 9.29. The molecule has 0 radical (unpaired) electrons. The van der Waals surface area contributed by atoms with Gasteiger partial charge in [0.05, 0.1) is 9.94 Å². The van der Waals surface area contributed by atoms with E-state index in [9.17, 15) is 5.26 Å². The highest BCUT2D eigenvalue weighted by molar-refractivity contribution is 9.28. The molecule has 0 saturated heterocycles. The van der Waals surface area contributed by atoms with E-state index < -0.39 is 0 Å². The fraction of sp³-hybridized carbons (Fsp3) is 0.471. The summed E-state index contributed by atoms with van der Waals surface area (Å²) in [6, 6.07) is 4.24. The number of hydrogen-bond donors (Lipinski definition) is 0. The van der Waals surface area contributed by atoms with Crippen molar-refractivity contribution in [3.05, 3.63) is 33.0 Å². The lowest BCUT2D eigenvalue weighted by Gasteiger charge is -2.17. The van der Waals surface area contributed by atoms with E-state index >= 15 is 0 Å². The van der Waals surface area contributed by atoms with Crippen molar-refractivity contribution in [1.29, 1.82) is 5.26 Å². The topological polar surface area (TPSA) is 28.7 Å².